The normalized spacial score (nSPS) is 16.9. The Kier molecular flexibility index (Phi) is 5.26. The second kappa shape index (κ2) is 8.17. The quantitative estimate of drug-likeness (QED) is 0.579. The van der Waals surface area contributed by atoms with Gasteiger partial charge in [-0.25, -0.2) is 0 Å². The van der Waals surface area contributed by atoms with Gasteiger partial charge >= 0.3 is 0 Å². The molecule has 0 unspecified atom stereocenters. The number of para-hydroxylation sites is 1. The van der Waals surface area contributed by atoms with E-state index in [9.17, 15) is 5.11 Å². The smallest absolute Gasteiger partial charge is 0.0702 e. The van der Waals surface area contributed by atoms with E-state index in [-0.39, 0.29) is 6.61 Å². The molecule has 0 fully saturated rings. The van der Waals surface area contributed by atoms with Gasteiger partial charge in [0.1, 0.15) is 0 Å². The van der Waals surface area contributed by atoms with Gasteiger partial charge in [0.25, 0.3) is 0 Å². The van der Waals surface area contributed by atoms with Crippen molar-refractivity contribution < 1.29 is 5.11 Å². The van der Waals surface area contributed by atoms with Crippen LogP contribution < -0.4 is 0 Å². The SMILES string of the molecule is OCc1cccc2c(CCCCN3CCC4=C(CCc5ccccc54)C3)c[nH]c12. The maximum Gasteiger partial charge on any atom is 0.0702 e. The predicted molar refractivity (Wildman–Crippen MR) is 120 cm³/mol. The van der Waals surface area contributed by atoms with Crippen LogP contribution in [-0.4, -0.2) is 34.6 Å². The van der Waals surface area contributed by atoms with Gasteiger partial charge in [-0.05, 0) is 67.3 Å². The Morgan fingerprint density at radius 2 is 1.86 bits per heavy atom. The van der Waals surface area contributed by atoms with Gasteiger partial charge in [-0.3, -0.25) is 4.90 Å². The Morgan fingerprint density at radius 3 is 2.79 bits per heavy atom. The van der Waals surface area contributed by atoms with E-state index in [0.29, 0.717) is 0 Å². The fraction of sp³-hybridized carbons (Fsp3) is 0.385. The number of H-pyrrole nitrogens is 1. The summed E-state index contributed by atoms with van der Waals surface area (Å²) in [6.07, 6.45) is 9.34. The molecule has 2 N–H and O–H groups in total. The fourth-order valence-corrected chi connectivity index (χ4v) is 5.22. The van der Waals surface area contributed by atoms with E-state index in [1.165, 1.54) is 61.7 Å². The number of aryl methyl sites for hydroxylation is 2. The molecular formula is C26H30N2O. The van der Waals surface area contributed by atoms with Crippen molar-refractivity contribution in [2.75, 3.05) is 19.6 Å². The van der Waals surface area contributed by atoms with E-state index in [4.69, 9.17) is 0 Å². The van der Waals surface area contributed by atoms with Crippen LogP contribution in [0.5, 0.6) is 0 Å². The maximum absolute atomic E-state index is 9.51. The van der Waals surface area contributed by atoms with Crippen LogP contribution in [0.4, 0.5) is 0 Å². The molecule has 29 heavy (non-hydrogen) atoms. The number of rotatable bonds is 6. The summed E-state index contributed by atoms with van der Waals surface area (Å²) in [7, 11) is 0. The topological polar surface area (TPSA) is 39.3 Å². The summed E-state index contributed by atoms with van der Waals surface area (Å²) in [5.74, 6) is 0. The molecule has 0 saturated heterocycles. The van der Waals surface area contributed by atoms with Crippen LogP contribution in [0.25, 0.3) is 16.5 Å². The van der Waals surface area contributed by atoms with Gasteiger partial charge in [-0.15, -0.1) is 0 Å². The second-order valence-corrected chi connectivity index (χ2v) is 8.53. The number of nitrogens with zero attached hydrogens (tertiary/aromatic N) is 1. The molecule has 0 atom stereocenters. The van der Waals surface area contributed by atoms with Gasteiger partial charge in [-0.1, -0.05) is 48.0 Å². The number of aliphatic hydroxyl groups is 1. The Balaban J connectivity index is 1.17. The Bertz CT molecular complexity index is 1050. The molecule has 2 aliphatic rings. The van der Waals surface area contributed by atoms with Crippen molar-refractivity contribution in [3.05, 3.63) is 76.5 Å². The molecule has 150 valence electrons. The van der Waals surface area contributed by atoms with Gasteiger partial charge in [0.15, 0.2) is 0 Å². The molecule has 2 aromatic carbocycles. The van der Waals surface area contributed by atoms with E-state index >= 15 is 0 Å². The Labute approximate surface area is 173 Å². The number of hydrogen-bond donors (Lipinski definition) is 2. The molecule has 0 saturated carbocycles. The van der Waals surface area contributed by atoms with Crippen LogP contribution in [0, 0.1) is 0 Å². The van der Waals surface area contributed by atoms with E-state index in [2.05, 4.69) is 46.4 Å². The molecule has 0 bridgehead atoms. The standard InChI is InChI=1S/C26H30N2O/c29-18-22-8-5-10-25-20(16-27-26(22)25)7-3-4-14-28-15-13-24-21(17-28)12-11-19-6-1-2-9-23(19)24/h1-2,5-6,8-10,16,27,29H,3-4,7,11-15,17-18H2. The summed E-state index contributed by atoms with van der Waals surface area (Å²) < 4.78 is 0. The van der Waals surface area contributed by atoms with Crippen molar-refractivity contribution in [3.8, 4) is 0 Å². The highest BCUT2D eigenvalue weighted by Gasteiger charge is 2.24. The lowest BCUT2D eigenvalue weighted by Gasteiger charge is -2.34. The monoisotopic (exact) mass is 386 g/mol. The van der Waals surface area contributed by atoms with Gasteiger partial charge in [-0.2, -0.15) is 0 Å². The van der Waals surface area contributed by atoms with E-state index in [1.54, 1.807) is 16.7 Å². The summed E-state index contributed by atoms with van der Waals surface area (Å²) in [4.78, 5) is 6.02. The molecule has 3 nitrogen and oxygen atoms in total. The highest BCUT2D eigenvalue weighted by molar-refractivity contribution is 5.86. The van der Waals surface area contributed by atoms with Crippen LogP contribution in [0.1, 0.15) is 47.9 Å². The third kappa shape index (κ3) is 3.65. The maximum atomic E-state index is 9.51. The van der Waals surface area contributed by atoms with Crippen LogP contribution in [0.15, 0.2) is 54.2 Å². The average molecular weight is 387 g/mol. The molecule has 0 spiro atoms. The summed E-state index contributed by atoms with van der Waals surface area (Å²) >= 11 is 0. The number of fused-ring (bicyclic) bond motifs is 3. The zero-order valence-electron chi connectivity index (χ0n) is 17.1. The van der Waals surface area contributed by atoms with Crippen LogP contribution in [0.3, 0.4) is 0 Å². The molecule has 3 heteroatoms. The molecule has 2 heterocycles. The number of benzene rings is 2. The summed E-state index contributed by atoms with van der Waals surface area (Å²) in [5.41, 5.74) is 9.85. The van der Waals surface area contributed by atoms with Gasteiger partial charge in [0.05, 0.1) is 12.1 Å². The van der Waals surface area contributed by atoms with E-state index in [0.717, 1.165) is 24.0 Å². The average Bonchev–Trinajstić information content (AvgIpc) is 3.19. The van der Waals surface area contributed by atoms with Crippen molar-refractivity contribution in [1.82, 2.24) is 9.88 Å². The zero-order valence-corrected chi connectivity index (χ0v) is 17.1. The summed E-state index contributed by atoms with van der Waals surface area (Å²) in [6, 6.07) is 15.2. The van der Waals surface area contributed by atoms with Crippen molar-refractivity contribution in [1.29, 1.82) is 0 Å². The molecule has 1 aliphatic heterocycles. The van der Waals surface area contributed by atoms with Gasteiger partial charge in [0.2, 0.25) is 0 Å². The molecule has 1 aromatic heterocycles. The minimum atomic E-state index is 0.0918. The molecule has 3 aromatic rings. The molecular weight excluding hydrogens is 356 g/mol. The highest BCUT2D eigenvalue weighted by Crippen LogP contribution is 2.36. The first kappa shape index (κ1) is 18.7. The van der Waals surface area contributed by atoms with Crippen LogP contribution in [0.2, 0.25) is 0 Å². The largest absolute Gasteiger partial charge is 0.392 e. The van der Waals surface area contributed by atoms with Crippen molar-refractivity contribution in [3.63, 3.8) is 0 Å². The van der Waals surface area contributed by atoms with Crippen LogP contribution in [-0.2, 0) is 19.4 Å². The number of nitrogens with one attached hydrogen (secondary N) is 1. The summed E-state index contributed by atoms with van der Waals surface area (Å²) in [6.45, 7) is 3.65. The molecule has 0 amide bonds. The lowest BCUT2D eigenvalue weighted by atomic mass is 9.82. The number of aliphatic hydroxyl groups excluding tert-OH is 1. The number of aromatic nitrogens is 1. The number of unbranched alkanes of at least 4 members (excludes halogenated alkanes) is 1. The van der Waals surface area contributed by atoms with Crippen molar-refractivity contribution in [2.24, 2.45) is 0 Å². The first-order valence-corrected chi connectivity index (χ1v) is 11.0. The minimum Gasteiger partial charge on any atom is -0.392 e. The predicted octanol–water partition coefficient (Wildman–Crippen LogP) is 5.09. The van der Waals surface area contributed by atoms with Crippen LogP contribution >= 0.6 is 0 Å². The first-order valence-electron chi connectivity index (χ1n) is 11.0. The molecule has 0 radical (unpaired) electrons. The van der Waals surface area contributed by atoms with Crippen molar-refractivity contribution >= 4 is 16.5 Å². The Morgan fingerprint density at radius 1 is 0.931 bits per heavy atom. The zero-order chi connectivity index (χ0) is 19.6. The third-order valence-electron chi connectivity index (χ3n) is 6.79. The third-order valence-corrected chi connectivity index (χ3v) is 6.79. The van der Waals surface area contributed by atoms with E-state index in [1.807, 2.05) is 12.1 Å². The van der Waals surface area contributed by atoms with Gasteiger partial charge < -0.3 is 10.1 Å². The minimum absolute atomic E-state index is 0.0918. The first-order chi connectivity index (χ1) is 14.3. The Hall–Kier alpha value is -2.36. The molecule has 1 aliphatic carbocycles. The highest BCUT2D eigenvalue weighted by atomic mass is 16.3. The fourth-order valence-electron chi connectivity index (χ4n) is 5.22. The summed E-state index contributed by atoms with van der Waals surface area (Å²) in [5, 5.41) is 10.8. The second-order valence-electron chi connectivity index (χ2n) is 8.53. The van der Waals surface area contributed by atoms with E-state index < -0.39 is 0 Å². The van der Waals surface area contributed by atoms with Gasteiger partial charge in [0, 0.05) is 30.2 Å². The number of hydrogen-bond acceptors (Lipinski definition) is 2. The van der Waals surface area contributed by atoms with Crippen molar-refractivity contribution in [2.45, 2.75) is 45.1 Å². The lowest BCUT2D eigenvalue weighted by molar-refractivity contribution is 0.283. The lowest BCUT2D eigenvalue weighted by Crippen LogP contribution is -2.33. The molecule has 5 rings (SSSR count). The number of aromatic amines is 1.